The number of hydrogen-bond donors (Lipinski definition) is 1. The van der Waals surface area contributed by atoms with Crippen LogP contribution in [0, 0.1) is 0 Å². The number of Topliss-reactive ketones (excluding diaryl/α,β-unsaturated/α-hetero) is 1. The highest BCUT2D eigenvalue weighted by atomic mass is 35.5. The number of methoxy groups -OCH3 is 2. The topological polar surface area (TPSA) is 108 Å². The molecule has 1 atom stereocenters. The molecule has 0 saturated carbocycles. The summed E-state index contributed by atoms with van der Waals surface area (Å²) in [6.45, 7) is 5.49. The first-order chi connectivity index (χ1) is 15.4. The van der Waals surface area contributed by atoms with Gasteiger partial charge in [0, 0.05) is 6.07 Å². The minimum Gasteiger partial charge on any atom is -0.497 e. The lowest BCUT2D eigenvalue weighted by Gasteiger charge is -2.18. The molecule has 0 radical (unpaired) electrons. The molecule has 0 spiro atoms. The van der Waals surface area contributed by atoms with E-state index in [-0.39, 0.29) is 16.5 Å². The summed E-state index contributed by atoms with van der Waals surface area (Å²) in [7, 11) is 2.99. The Morgan fingerprint density at radius 1 is 1.03 bits per heavy atom. The maximum absolute atomic E-state index is 13.0. The number of ketones is 1. The molecule has 32 heavy (non-hydrogen) atoms. The third-order valence-corrected chi connectivity index (χ3v) is 4.51. The van der Waals surface area contributed by atoms with Gasteiger partial charge in [0.2, 0.25) is 6.04 Å². The summed E-state index contributed by atoms with van der Waals surface area (Å²) in [5.74, 6) is 0.321. The number of nitrogens with one attached hydrogen (secondary N) is 1. The summed E-state index contributed by atoms with van der Waals surface area (Å²) < 4.78 is 21.6. The largest absolute Gasteiger partial charge is 0.497 e. The first-order valence-corrected chi connectivity index (χ1v) is 10.3. The van der Waals surface area contributed by atoms with Gasteiger partial charge in [-0.25, -0.2) is 0 Å². The Balaban J connectivity index is 2.37. The standard InChI is InChI=1S/C22H26ClN3O6/c1-6-31-17-11-9-15(23)21(32-7-2)20(17)24-22(28)19(13(3)27)26-25-16-10-8-14(29-4)12-18(16)30-5/h8-12,19H,6-7H2,1-5H3,(H,24,28). The monoisotopic (exact) mass is 463 g/mol. The van der Waals surface area contributed by atoms with Crippen molar-refractivity contribution in [1.29, 1.82) is 0 Å². The molecule has 0 aromatic heterocycles. The van der Waals surface area contributed by atoms with Gasteiger partial charge in [0.1, 0.15) is 28.6 Å². The number of azo groups is 1. The molecule has 0 bridgehead atoms. The number of amides is 1. The third kappa shape index (κ3) is 6.10. The maximum atomic E-state index is 13.0. The zero-order valence-electron chi connectivity index (χ0n) is 18.6. The van der Waals surface area contributed by atoms with Crippen molar-refractivity contribution in [2.24, 2.45) is 10.2 Å². The van der Waals surface area contributed by atoms with E-state index in [9.17, 15) is 9.59 Å². The van der Waals surface area contributed by atoms with Crippen molar-refractivity contribution in [2.45, 2.75) is 26.8 Å². The zero-order chi connectivity index (χ0) is 23.7. The summed E-state index contributed by atoms with van der Waals surface area (Å²) in [6.07, 6.45) is 0. The molecule has 0 aliphatic carbocycles. The van der Waals surface area contributed by atoms with E-state index >= 15 is 0 Å². The normalized spacial score (nSPS) is 11.7. The van der Waals surface area contributed by atoms with Crippen LogP contribution in [0.1, 0.15) is 20.8 Å². The number of carbonyl (C=O) groups is 2. The Bertz CT molecular complexity index is 996. The second kappa shape index (κ2) is 11.9. The van der Waals surface area contributed by atoms with Crippen molar-refractivity contribution in [3.63, 3.8) is 0 Å². The van der Waals surface area contributed by atoms with Crippen LogP contribution in [0.25, 0.3) is 0 Å². The van der Waals surface area contributed by atoms with Gasteiger partial charge in [-0.15, -0.1) is 0 Å². The van der Waals surface area contributed by atoms with Gasteiger partial charge in [-0.2, -0.15) is 10.2 Å². The fourth-order valence-corrected chi connectivity index (χ4v) is 2.93. The van der Waals surface area contributed by atoms with E-state index in [1.54, 1.807) is 44.2 Å². The Labute approximate surface area is 191 Å². The molecule has 9 nitrogen and oxygen atoms in total. The number of carbonyl (C=O) groups excluding carboxylic acids is 2. The Hall–Kier alpha value is -3.33. The molecule has 2 aromatic carbocycles. The van der Waals surface area contributed by atoms with Gasteiger partial charge in [0.25, 0.3) is 5.91 Å². The van der Waals surface area contributed by atoms with Crippen LogP contribution >= 0.6 is 11.6 Å². The van der Waals surface area contributed by atoms with E-state index in [1.807, 2.05) is 0 Å². The van der Waals surface area contributed by atoms with Gasteiger partial charge in [0.15, 0.2) is 11.5 Å². The van der Waals surface area contributed by atoms with Gasteiger partial charge in [-0.05, 0) is 45.0 Å². The van der Waals surface area contributed by atoms with Gasteiger partial charge in [0.05, 0.1) is 32.5 Å². The second-order valence-corrected chi connectivity index (χ2v) is 6.78. The smallest absolute Gasteiger partial charge is 0.259 e. The number of benzene rings is 2. The second-order valence-electron chi connectivity index (χ2n) is 6.37. The molecule has 2 aromatic rings. The molecule has 172 valence electrons. The lowest BCUT2D eigenvalue weighted by Crippen LogP contribution is -2.32. The molecule has 2 rings (SSSR count). The SMILES string of the molecule is CCOc1ccc(Cl)c(OCC)c1NC(=O)C(N=Nc1ccc(OC)cc1OC)C(C)=O. The maximum Gasteiger partial charge on any atom is 0.259 e. The Morgan fingerprint density at radius 3 is 2.34 bits per heavy atom. The minimum absolute atomic E-state index is 0.217. The van der Waals surface area contributed by atoms with Crippen molar-refractivity contribution in [3.05, 3.63) is 35.4 Å². The van der Waals surface area contributed by atoms with Crippen LogP contribution in [0.15, 0.2) is 40.6 Å². The van der Waals surface area contributed by atoms with Crippen LogP contribution < -0.4 is 24.3 Å². The molecule has 10 heteroatoms. The molecular weight excluding hydrogens is 438 g/mol. The number of hydrogen-bond acceptors (Lipinski definition) is 8. The van der Waals surface area contributed by atoms with Gasteiger partial charge in [-0.1, -0.05) is 11.6 Å². The van der Waals surface area contributed by atoms with Crippen LogP contribution in [0.2, 0.25) is 5.02 Å². The van der Waals surface area contributed by atoms with Crippen LogP contribution in [0.5, 0.6) is 23.0 Å². The van der Waals surface area contributed by atoms with Crippen LogP contribution in [0.3, 0.4) is 0 Å². The fraction of sp³-hybridized carbons (Fsp3) is 0.364. The van der Waals surface area contributed by atoms with E-state index < -0.39 is 17.7 Å². The summed E-state index contributed by atoms with van der Waals surface area (Å²) in [5.41, 5.74) is 0.551. The van der Waals surface area contributed by atoms with Crippen molar-refractivity contribution in [2.75, 3.05) is 32.8 Å². The molecular formula is C22H26ClN3O6. The summed E-state index contributed by atoms with van der Waals surface area (Å²) in [6, 6.07) is 6.68. The number of anilines is 1. The number of nitrogens with zero attached hydrogens (tertiary/aromatic N) is 2. The third-order valence-electron chi connectivity index (χ3n) is 4.21. The molecule has 0 saturated heterocycles. The lowest BCUT2D eigenvalue weighted by molar-refractivity contribution is -0.126. The predicted molar refractivity (Wildman–Crippen MR) is 121 cm³/mol. The summed E-state index contributed by atoms with van der Waals surface area (Å²) in [4.78, 5) is 25.1. The number of halogens is 1. The van der Waals surface area contributed by atoms with Crippen molar-refractivity contribution >= 4 is 34.7 Å². The van der Waals surface area contributed by atoms with E-state index in [0.717, 1.165) is 0 Å². The average Bonchev–Trinajstić information content (AvgIpc) is 2.78. The Morgan fingerprint density at radius 2 is 1.75 bits per heavy atom. The van der Waals surface area contributed by atoms with Gasteiger partial charge < -0.3 is 24.3 Å². The van der Waals surface area contributed by atoms with E-state index in [1.165, 1.54) is 21.1 Å². The summed E-state index contributed by atoms with van der Waals surface area (Å²) >= 11 is 6.24. The van der Waals surface area contributed by atoms with Crippen LogP contribution in [-0.2, 0) is 9.59 Å². The molecule has 0 aliphatic heterocycles. The quantitative estimate of drug-likeness (QED) is 0.377. The van der Waals surface area contributed by atoms with E-state index in [0.29, 0.717) is 36.1 Å². The highest BCUT2D eigenvalue weighted by Gasteiger charge is 2.27. The van der Waals surface area contributed by atoms with Crippen molar-refractivity contribution < 1.29 is 28.5 Å². The average molecular weight is 464 g/mol. The molecule has 1 N–H and O–H groups in total. The van der Waals surface area contributed by atoms with Crippen molar-refractivity contribution in [1.82, 2.24) is 0 Å². The van der Waals surface area contributed by atoms with Gasteiger partial charge >= 0.3 is 0 Å². The lowest BCUT2D eigenvalue weighted by atomic mass is 10.2. The summed E-state index contributed by atoms with van der Waals surface area (Å²) in [5, 5.41) is 10.9. The van der Waals surface area contributed by atoms with Gasteiger partial charge in [-0.3, -0.25) is 9.59 Å². The molecule has 1 amide bonds. The minimum atomic E-state index is -1.41. The molecule has 1 unspecified atom stereocenters. The highest BCUT2D eigenvalue weighted by molar-refractivity contribution is 6.33. The van der Waals surface area contributed by atoms with Crippen LogP contribution in [-0.4, -0.2) is 45.2 Å². The van der Waals surface area contributed by atoms with Crippen molar-refractivity contribution in [3.8, 4) is 23.0 Å². The van der Waals surface area contributed by atoms with E-state index in [2.05, 4.69) is 15.5 Å². The first kappa shape index (κ1) is 24.9. The fourth-order valence-electron chi connectivity index (χ4n) is 2.72. The number of rotatable bonds is 11. The number of ether oxygens (including phenoxy) is 4. The predicted octanol–water partition coefficient (Wildman–Crippen LogP) is 4.83. The molecule has 0 aliphatic rings. The van der Waals surface area contributed by atoms with E-state index in [4.69, 9.17) is 30.5 Å². The van der Waals surface area contributed by atoms with Crippen LogP contribution in [0.4, 0.5) is 11.4 Å². The Kier molecular flexibility index (Phi) is 9.27. The molecule has 0 heterocycles. The highest BCUT2D eigenvalue weighted by Crippen LogP contribution is 2.41. The first-order valence-electron chi connectivity index (χ1n) is 9.88. The molecule has 0 fully saturated rings. The zero-order valence-corrected chi connectivity index (χ0v) is 19.4.